The van der Waals surface area contributed by atoms with E-state index in [1.807, 2.05) is 6.92 Å². The van der Waals surface area contributed by atoms with E-state index in [4.69, 9.17) is 0 Å². The quantitative estimate of drug-likeness (QED) is 0.786. The Hall–Kier alpha value is -1.99. The highest BCUT2D eigenvalue weighted by atomic mass is 32.2. The molecule has 1 heterocycles. The first-order valence-corrected chi connectivity index (χ1v) is 8.48. The largest absolute Gasteiger partial charge is 0.356 e. The third kappa shape index (κ3) is 3.80. The molecule has 0 unspecified atom stereocenters. The maximum absolute atomic E-state index is 12.4. The summed E-state index contributed by atoms with van der Waals surface area (Å²) in [6.45, 7) is 4.02. The number of pyridine rings is 1. The molecule has 0 atom stereocenters. The van der Waals surface area contributed by atoms with Gasteiger partial charge in [-0.15, -0.1) is 0 Å². The number of carbonyl (C=O) groups excluding carboxylic acids is 1. The molecule has 6 nitrogen and oxygen atoms in total. The molecule has 0 fully saturated rings. The Morgan fingerprint density at radius 1 is 1.23 bits per heavy atom. The van der Waals surface area contributed by atoms with Crippen LogP contribution in [-0.4, -0.2) is 32.4 Å². The van der Waals surface area contributed by atoms with Gasteiger partial charge in [-0.2, -0.15) is 0 Å². The first-order chi connectivity index (χ1) is 10.4. The van der Waals surface area contributed by atoms with E-state index in [0.29, 0.717) is 23.9 Å². The van der Waals surface area contributed by atoms with E-state index in [0.717, 1.165) is 5.56 Å². The molecule has 118 valence electrons. The van der Waals surface area contributed by atoms with E-state index in [1.54, 1.807) is 30.5 Å². The van der Waals surface area contributed by atoms with Crippen LogP contribution in [0.2, 0.25) is 0 Å². The second-order valence-electron chi connectivity index (χ2n) is 5.01. The fourth-order valence-electron chi connectivity index (χ4n) is 2.16. The van der Waals surface area contributed by atoms with Crippen LogP contribution in [0.25, 0.3) is 10.9 Å². The van der Waals surface area contributed by atoms with Crippen molar-refractivity contribution < 1.29 is 13.2 Å². The van der Waals surface area contributed by atoms with Crippen molar-refractivity contribution >= 4 is 26.8 Å². The normalized spacial score (nSPS) is 11.5. The smallest absolute Gasteiger partial charge is 0.241 e. The third-order valence-corrected chi connectivity index (χ3v) is 4.76. The SMILES string of the molecule is CC(=O)NCCCNS(=O)(=O)c1ccc(C)c2ncccc12. The summed E-state index contributed by atoms with van der Waals surface area (Å²) in [6.07, 6.45) is 2.17. The molecule has 1 aromatic carbocycles. The van der Waals surface area contributed by atoms with Gasteiger partial charge in [-0.3, -0.25) is 9.78 Å². The second kappa shape index (κ2) is 6.85. The molecule has 2 rings (SSSR count). The van der Waals surface area contributed by atoms with Crippen molar-refractivity contribution in [2.75, 3.05) is 13.1 Å². The molecule has 0 saturated carbocycles. The molecule has 2 N–H and O–H groups in total. The van der Waals surface area contributed by atoms with E-state index in [1.165, 1.54) is 6.92 Å². The van der Waals surface area contributed by atoms with Crippen molar-refractivity contribution in [3.05, 3.63) is 36.0 Å². The Balaban J connectivity index is 2.16. The van der Waals surface area contributed by atoms with E-state index < -0.39 is 10.0 Å². The van der Waals surface area contributed by atoms with Gasteiger partial charge in [0.15, 0.2) is 0 Å². The minimum atomic E-state index is -3.61. The molecular formula is C15H19N3O3S. The highest BCUT2D eigenvalue weighted by Crippen LogP contribution is 2.23. The van der Waals surface area contributed by atoms with Crippen LogP contribution in [0.4, 0.5) is 0 Å². The predicted molar refractivity (Wildman–Crippen MR) is 85.0 cm³/mol. The number of aromatic nitrogens is 1. The Kier molecular flexibility index (Phi) is 5.10. The monoisotopic (exact) mass is 321 g/mol. The van der Waals surface area contributed by atoms with Crippen LogP contribution in [-0.2, 0) is 14.8 Å². The molecule has 0 saturated heterocycles. The number of amides is 1. The Labute approximate surface area is 130 Å². The van der Waals surface area contributed by atoms with Gasteiger partial charge in [-0.05, 0) is 37.1 Å². The first-order valence-electron chi connectivity index (χ1n) is 7.00. The zero-order valence-corrected chi connectivity index (χ0v) is 13.4. The van der Waals surface area contributed by atoms with Gasteiger partial charge in [-0.1, -0.05) is 6.07 Å². The summed E-state index contributed by atoms with van der Waals surface area (Å²) < 4.78 is 27.4. The van der Waals surface area contributed by atoms with Gasteiger partial charge in [0, 0.05) is 31.6 Å². The zero-order valence-electron chi connectivity index (χ0n) is 12.6. The minimum absolute atomic E-state index is 0.126. The Morgan fingerprint density at radius 3 is 2.73 bits per heavy atom. The standard InChI is InChI=1S/C15H19N3O3S/c1-11-6-7-14(13-5-3-8-17-15(11)13)22(20,21)18-10-4-9-16-12(2)19/h3,5-8,18H,4,9-10H2,1-2H3,(H,16,19). The van der Waals surface area contributed by atoms with Gasteiger partial charge >= 0.3 is 0 Å². The second-order valence-corrected chi connectivity index (χ2v) is 6.75. The van der Waals surface area contributed by atoms with Crippen molar-refractivity contribution in [1.82, 2.24) is 15.0 Å². The number of carbonyl (C=O) groups is 1. The lowest BCUT2D eigenvalue weighted by Gasteiger charge is -2.10. The number of aryl methyl sites for hydroxylation is 1. The van der Waals surface area contributed by atoms with Crippen LogP contribution in [0.3, 0.4) is 0 Å². The summed E-state index contributed by atoms with van der Waals surface area (Å²) in [4.78, 5) is 15.2. The van der Waals surface area contributed by atoms with Crippen LogP contribution >= 0.6 is 0 Å². The lowest BCUT2D eigenvalue weighted by atomic mass is 10.1. The fraction of sp³-hybridized carbons (Fsp3) is 0.333. The topological polar surface area (TPSA) is 88.2 Å². The van der Waals surface area contributed by atoms with Gasteiger partial charge in [0.05, 0.1) is 10.4 Å². The van der Waals surface area contributed by atoms with E-state index >= 15 is 0 Å². The molecule has 0 bridgehead atoms. The summed E-state index contributed by atoms with van der Waals surface area (Å²) in [5.41, 5.74) is 1.61. The third-order valence-electron chi connectivity index (χ3n) is 3.24. The molecule has 0 aliphatic heterocycles. The van der Waals surface area contributed by atoms with Gasteiger partial charge in [0.1, 0.15) is 0 Å². The van der Waals surface area contributed by atoms with Gasteiger partial charge in [0.2, 0.25) is 15.9 Å². The van der Waals surface area contributed by atoms with E-state index in [-0.39, 0.29) is 17.3 Å². The lowest BCUT2D eigenvalue weighted by molar-refractivity contribution is -0.118. The molecule has 0 aliphatic rings. The highest BCUT2D eigenvalue weighted by Gasteiger charge is 2.17. The van der Waals surface area contributed by atoms with E-state index in [9.17, 15) is 13.2 Å². The zero-order chi connectivity index (χ0) is 16.2. The lowest BCUT2D eigenvalue weighted by Crippen LogP contribution is -2.29. The van der Waals surface area contributed by atoms with Crippen LogP contribution in [0.1, 0.15) is 18.9 Å². The van der Waals surface area contributed by atoms with Crippen LogP contribution < -0.4 is 10.0 Å². The molecule has 0 spiro atoms. The maximum atomic E-state index is 12.4. The number of hydrogen-bond acceptors (Lipinski definition) is 4. The molecular weight excluding hydrogens is 302 g/mol. The molecule has 7 heteroatoms. The van der Waals surface area contributed by atoms with Gasteiger partial charge in [0.25, 0.3) is 0 Å². The Bertz CT molecular complexity index is 788. The fourth-order valence-corrected chi connectivity index (χ4v) is 3.43. The van der Waals surface area contributed by atoms with Gasteiger partial charge in [-0.25, -0.2) is 13.1 Å². The number of nitrogens with zero attached hydrogens (tertiary/aromatic N) is 1. The summed E-state index contributed by atoms with van der Waals surface area (Å²) in [5, 5.41) is 3.23. The number of sulfonamides is 1. The number of benzene rings is 1. The number of fused-ring (bicyclic) bond motifs is 1. The van der Waals surface area contributed by atoms with Crippen molar-refractivity contribution in [3.63, 3.8) is 0 Å². The number of nitrogens with one attached hydrogen (secondary N) is 2. The average molecular weight is 321 g/mol. The van der Waals surface area contributed by atoms with Crippen molar-refractivity contribution in [1.29, 1.82) is 0 Å². The molecule has 0 radical (unpaired) electrons. The minimum Gasteiger partial charge on any atom is -0.356 e. The Morgan fingerprint density at radius 2 is 2.00 bits per heavy atom. The van der Waals surface area contributed by atoms with Crippen molar-refractivity contribution in [3.8, 4) is 0 Å². The van der Waals surface area contributed by atoms with Crippen molar-refractivity contribution in [2.24, 2.45) is 0 Å². The maximum Gasteiger partial charge on any atom is 0.241 e. The average Bonchev–Trinajstić information content (AvgIpc) is 2.47. The highest BCUT2D eigenvalue weighted by molar-refractivity contribution is 7.89. The summed E-state index contributed by atoms with van der Waals surface area (Å²) in [6, 6.07) is 6.81. The van der Waals surface area contributed by atoms with E-state index in [2.05, 4.69) is 15.0 Å². The molecule has 22 heavy (non-hydrogen) atoms. The molecule has 1 amide bonds. The summed E-state index contributed by atoms with van der Waals surface area (Å²) in [5.74, 6) is -0.126. The molecule has 0 aliphatic carbocycles. The number of rotatable bonds is 6. The first kappa shape index (κ1) is 16.4. The molecule has 1 aromatic heterocycles. The molecule has 2 aromatic rings. The van der Waals surface area contributed by atoms with Crippen molar-refractivity contribution in [2.45, 2.75) is 25.2 Å². The summed E-state index contributed by atoms with van der Waals surface area (Å²) >= 11 is 0. The summed E-state index contributed by atoms with van der Waals surface area (Å²) in [7, 11) is -3.61. The van der Waals surface area contributed by atoms with Crippen LogP contribution in [0.5, 0.6) is 0 Å². The van der Waals surface area contributed by atoms with Crippen LogP contribution in [0, 0.1) is 6.92 Å². The van der Waals surface area contributed by atoms with Crippen LogP contribution in [0.15, 0.2) is 35.4 Å². The predicted octanol–water partition coefficient (Wildman–Crippen LogP) is 1.35. The van der Waals surface area contributed by atoms with Gasteiger partial charge < -0.3 is 5.32 Å². The number of hydrogen-bond donors (Lipinski definition) is 2.